The maximum absolute atomic E-state index is 2.35. The van der Waals surface area contributed by atoms with E-state index in [4.69, 9.17) is 0 Å². The van der Waals surface area contributed by atoms with Crippen molar-refractivity contribution in [2.45, 2.75) is 26.3 Å². The van der Waals surface area contributed by atoms with E-state index in [1.807, 2.05) is 0 Å². The monoisotopic (exact) mass is 328 g/mol. The zero-order chi connectivity index (χ0) is 17.1. The number of allylic oxidation sites excluding steroid dienone is 2. The molecule has 4 rings (SSSR count). The Labute approximate surface area is 149 Å². The van der Waals surface area contributed by atoms with Gasteiger partial charge in [0.2, 0.25) is 5.69 Å². The van der Waals surface area contributed by atoms with Crippen LogP contribution < -0.4 is 9.13 Å². The summed E-state index contributed by atoms with van der Waals surface area (Å²) in [5, 5.41) is 0. The van der Waals surface area contributed by atoms with Crippen LogP contribution in [0.2, 0.25) is 0 Å². The van der Waals surface area contributed by atoms with Crippen LogP contribution in [0.5, 0.6) is 0 Å². The molecule has 3 aromatic rings. The Morgan fingerprint density at radius 2 is 1.48 bits per heavy atom. The van der Waals surface area contributed by atoms with E-state index in [9.17, 15) is 0 Å². The molecule has 1 aliphatic carbocycles. The molecule has 124 valence electrons. The Balaban J connectivity index is 1.49. The van der Waals surface area contributed by atoms with Gasteiger partial charge in [0.15, 0.2) is 31.3 Å². The summed E-state index contributed by atoms with van der Waals surface area (Å²) in [6, 6.07) is 17.4. The smallest absolute Gasteiger partial charge is 0.204 e. The Hall–Kier alpha value is -2.74. The van der Waals surface area contributed by atoms with Crippen molar-refractivity contribution in [2.75, 3.05) is 0 Å². The van der Waals surface area contributed by atoms with E-state index in [1.165, 1.54) is 35.2 Å². The van der Waals surface area contributed by atoms with Gasteiger partial charge in [-0.15, -0.1) is 0 Å². The molecule has 25 heavy (non-hydrogen) atoms. The second-order valence-corrected chi connectivity index (χ2v) is 6.88. The Morgan fingerprint density at radius 3 is 2.08 bits per heavy atom. The lowest BCUT2D eigenvalue weighted by Gasteiger charge is -2.04. The molecule has 1 atom stereocenters. The third-order valence-corrected chi connectivity index (χ3v) is 4.94. The summed E-state index contributed by atoms with van der Waals surface area (Å²) >= 11 is 0. The summed E-state index contributed by atoms with van der Waals surface area (Å²) in [6.07, 6.45) is 15.8. The van der Waals surface area contributed by atoms with Gasteiger partial charge < -0.3 is 0 Å². The highest BCUT2D eigenvalue weighted by Gasteiger charge is 2.14. The van der Waals surface area contributed by atoms with Gasteiger partial charge >= 0.3 is 0 Å². The third-order valence-electron chi connectivity index (χ3n) is 4.94. The van der Waals surface area contributed by atoms with Crippen molar-refractivity contribution in [3.8, 4) is 16.8 Å². The number of rotatable bonds is 4. The number of pyridine rings is 2. The molecular weight excluding hydrogens is 304 g/mol. The van der Waals surface area contributed by atoms with Crippen molar-refractivity contribution < 1.29 is 9.13 Å². The molecular formula is C23H24N2+2. The zero-order valence-corrected chi connectivity index (χ0v) is 14.7. The fourth-order valence-corrected chi connectivity index (χ4v) is 3.40. The number of nitrogens with zero attached hydrogens (tertiary/aromatic N) is 2. The third kappa shape index (κ3) is 3.69. The van der Waals surface area contributed by atoms with Gasteiger partial charge in [0.05, 0.1) is 0 Å². The van der Waals surface area contributed by atoms with Crippen LogP contribution >= 0.6 is 0 Å². The van der Waals surface area contributed by atoms with E-state index >= 15 is 0 Å². The highest BCUT2D eigenvalue weighted by atomic mass is 14.9. The molecule has 0 bridgehead atoms. The molecule has 0 amide bonds. The van der Waals surface area contributed by atoms with Gasteiger partial charge in [0.25, 0.3) is 0 Å². The zero-order valence-electron chi connectivity index (χ0n) is 14.7. The fourth-order valence-electron chi connectivity index (χ4n) is 3.40. The van der Waals surface area contributed by atoms with E-state index in [2.05, 4.69) is 102 Å². The highest BCUT2D eigenvalue weighted by Crippen LogP contribution is 2.18. The minimum Gasteiger partial charge on any atom is -0.204 e. The van der Waals surface area contributed by atoms with E-state index in [1.54, 1.807) is 0 Å². The lowest BCUT2D eigenvalue weighted by atomic mass is 10.1. The molecule has 1 aliphatic rings. The number of benzene rings is 1. The van der Waals surface area contributed by atoms with Crippen molar-refractivity contribution in [3.05, 3.63) is 91.0 Å². The van der Waals surface area contributed by atoms with E-state index in [0.717, 1.165) is 6.54 Å². The maximum Gasteiger partial charge on any atom is 0.210 e. The molecule has 1 aromatic carbocycles. The molecule has 0 unspecified atom stereocenters. The average Bonchev–Trinajstić information content (AvgIpc) is 3.16. The summed E-state index contributed by atoms with van der Waals surface area (Å²) in [4.78, 5) is 0. The van der Waals surface area contributed by atoms with Crippen LogP contribution in [0.3, 0.4) is 0 Å². The standard InChI is InChI=1S/C23H24N2/c1-19-6-8-23(9-7-19)25-16-12-22(13-17-25)21-10-14-24(15-11-21)18-20-4-2-3-5-20/h2,4,6-17,20H,3,5,18H2,1H3/q+2/t20-/m1/s1. The lowest BCUT2D eigenvalue weighted by molar-refractivity contribution is -0.701. The second kappa shape index (κ2) is 7.02. The molecule has 0 fully saturated rings. The minimum absolute atomic E-state index is 0.695. The van der Waals surface area contributed by atoms with Gasteiger partial charge in [-0.05, 0) is 30.9 Å². The molecule has 0 spiro atoms. The first kappa shape index (κ1) is 15.8. The van der Waals surface area contributed by atoms with Crippen LogP contribution in [0.15, 0.2) is 85.5 Å². The van der Waals surface area contributed by atoms with Crippen molar-refractivity contribution >= 4 is 0 Å². The minimum atomic E-state index is 0.695. The van der Waals surface area contributed by atoms with Crippen LogP contribution in [0.4, 0.5) is 0 Å². The van der Waals surface area contributed by atoms with Crippen LogP contribution in [0.1, 0.15) is 18.4 Å². The van der Waals surface area contributed by atoms with Gasteiger partial charge in [0, 0.05) is 42.3 Å². The van der Waals surface area contributed by atoms with Gasteiger partial charge in [0.1, 0.15) is 0 Å². The summed E-state index contributed by atoms with van der Waals surface area (Å²) in [5.74, 6) is 0.695. The highest BCUT2D eigenvalue weighted by molar-refractivity contribution is 5.61. The molecule has 2 heterocycles. The molecule has 0 N–H and O–H groups in total. The SMILES string of the molecule is Cc1ccc(-[n+]2ccc(-c3cc[n+](C[C@@H]4C=CCC4)cc3)cc2)cc1. The molecule has 2 heteroatoms. The normalized spacial score (nSPS) is 16.3. The van der Waals surface area contributed by atoms with Gasteiger partial charge in [-0.1, -0.05) is 29.8 Å². The largest absolute Gasteiger partial charge is 0.210 e. The van der Waals surface area contributed by atoms with Crippen LogP contribution in [-0.2, 0) is 6.54 Å². The molecule has 2 nitrogen and oxygen atoms in total. The van der Waals surface area contributed by atoms with Crippen LogP contribution in [0.25, 0.3) is 16.8 Å². The van der Waals surface area contributed by atoms with Crippen LogP contribution in [-0.4, -0.2) is 0 Å². The number of hydrogen-bond donors (Lipinski definition) is 0. The van der Waals surface area contributed by atoms with E-state index in [0.29, 0.717) is 5.92 Å². The molecule has 0 saturated carbocycles. The van der Waals surface area contributed by atoms with Gasteiger partial charge in [-0.2, -0.15) is 4.57 Å². The quantitative estimate of drug-likeness (QED) is 0.501. The fraction of sp³-hybridized carbons (Fsp3) is 0.217. The van der Waals surface area contributed by atoms with E-state index in [-0.39, 0.29) is 0 Å². The maximum atomic E-state index is 2.35. The predicted molar refractivity (Wildman–Crippen MR) is 100 cm³/mol. The number of hydrogen-bond acceptors (Lipinski definition) is 0. The van der Waals surface area contributed by atoms with Gasteiger partial charge in [-0.25, -0.2) is 4.57 Å². The predicted octanol–water partition coefficient (Wildman–Crippen LogP) is 4.19. The Morgan fingerprint density at radius 1 is 0.840 bits per heavy atom. The van der Waals surface area contributed by atoms with Crippen molar-refractivity contribution in [1.29, 1.82) is 0 Å². The molecule has 2 aromatic heterocycles. The summed E-state index contributed by atoms with van der Waals surface area (Å²) < 4.78 is 4.44. The molecule has 0 saturated heterocycles. The van der Waals surface area contributed by atoms with Crippen molar-refractivity contribution in [2.24, 2.45) is 5.92 Å². The second-order valence-electron chi connectivity index (χ2n) is 6.88. The van der Waals surface area contributed by atoms with Gasteiger partial charge in [-0.3, -0.25) is 0 Å². The summed E-state index contributed by atoms with van der Waals surface area (Å²) in [5.41, 5.74) is 4.98. The first-order valence-corrected chi connectivity index (χ1v) is 9.02. The first-order chi connectivity index (χ1) is 12.3. The lowest BCUT2D eigenvalue weighted by Crippen LogP contribution is -2.35. The topological polar surface area (TPSA) is 7.76 Å². The van der Waals surface area contributed by atoms with Crippen LogP contribution in [0, 0.1) is 12.8 Å². The number of aromatic nitrogens is 2. The Bertz CT molecular complexity index is 859. The Kier molecular flexibility index (Phi) is 4.43. The molecule has 0 radical (unpaired) electrons. The van der Waals surface area contributed by atoms with Crippen molar-refractivity contribution in [1.82, 2.24) is 0 Å². The molecule has 0 aliphatic heterocycles. The average molecular weight is 328 g/mol. The summed E-state index contributed by atoms with van der Waals surface area (Å²) in [6.45, 7) is 3.20. The van der Waals surface area contributed by atoms with E-state index < -0.39 is 0 Å². The van der Waals surface area contributed by atoms with Crippen molar-refractivity contribution in [3.63, 3.8) is 0 Å². The number of aryl methyl sites for hydroxylation is 1. The first-order valence-electron chi connectivity index (χ1n) is 9.02. The summed E-state index contributed by atoms with van der Waals surface area (Å²) in [7, 11) is 0.